The number of amides is 1. The molecule has 6 nitrogen and oxygen atoms in total. The Labute approximate surface area is 162 Å². The summed E-state index contributed by atoms with van der Waals surface area (Å²) in [5.41, 5.74) is -0.0900. The van der Waals surface area contributed by atoms with Crippen LogP contribution in [-0.4, -0.2) is 35.0 Å². The van der Waals surface area contributed by atoms with Crippen LogP contribution in [0.4, 0.5) is 14.5 Å². The van der Waals surface area contributed by atoms with Gasteiger partial charge in [-0.25, -0.2) is 8.78 Å². The predicted octanol–water partition coefficient (Wildman–Crippen LogP) is 4.29. The first kappa shape index (κ1) is 20.3. The zero-order valence-electron chi connectivity index (χ0n) is 16.0. The van der Waals surface area contributed by atoms with E-state index in [9.17, 15) is 13.6 Å². The van der Waals surface area contributed by atoms with Crippen LogP contribution in [-0.2, 0) is 11.3 Å². The van der Waals surface area contributed by atoms with E-state index in [1.807, 2.05) is 13.8 Å². The maximum Gasteiger partial charge on any atom is 0.284 e. The Hall–Kier alpha value is -2.48. The number of anilines is 1. The fraction of sp³-hybridized carbons (Fsp3) is 0.500. The fourth-order valence-electron chi connectivity index (χ4n) is 3.05. The molecule has 2 heterocycles. The average molecular weight is 393 g/mol. The second-order valence-corrected chi connectivity index (χ2v) is 7.27. The van der Waals surface area contributed by atoms with Gasteiger partial charge < -0.3 is 14.8 Å². The van der Waals surface area contributed by atoms with Gasteiger partial charge in [-0.15, -0.1) is 0 Å². The molecule has 1 aromatic heterocycles. The van der Waals surface area contributed by atoms with Crippen molar-refractivity contribution in [2.45, 2.75) is 45.8 Å². The number of nitrogens with zero attached hydrogens (tertiary/aromatic N) is 2. The van der Waals surface area contributed by atoms with Crippen LogP contribution in [0, 0.1) is 5.92 Å². The van der Waals surface area contributed by atoms with Crippen LogP contribution < -0.4 is 10.1 Å². The van der Waals surface area contributed by atoms with E-state index in [4.69, 9.17) is 9.47 Å². The van der Waals surface area contributed by atoms with E-state index in [1.54, 1.807) is 24.3 Å². The van der Waals surface area contributed by atoms with Crippen molar-refractivity contribution in [3.63, 3.8) is 0 Å². The molecule has 28 heavy (non-hydrogen) atoms. The van der Waals surface area contributed by atoms with E-state index >= 15 is 0 Å². The van der Waals surface area contributed by atoms with Gasteiger partial charge in [0.2, 0.25) is 0 Å². The smallest absolute Gasteiger partial charge is 0.284 e. The normalized spacial score (nSPS) is 16.7. The molecule has 1 N–H and O–H groups in total. The van der Waals surface area contributed by atoms with Crippen molar-refractivity contribution in [1.82, 2.24) is 9.78 Å². The highest BCUT2D eigenvalue weighted by Crippen LogP contribution is 2.27. The molecule has 1 aliphatic heterocycles. The number of aromatic nitrogens is 2. The molecule has 0 aliphatic carbocycles. The van der Waals surface area contributed by atoms with Gasteiger partial charge in [-0.1, -0.05) is 19.9 Å². The second kappa shape index (κ2) is 9.14. The summed E-state index contributed by atoms with van der Waals surface area (Å²) < 4.78 is 39.2. The summed E-state index contributed by atoms with van der Waals surface area (Å²) in [5, 5.41) is 6.44. The molecule has 1 aromatic carbocycles. The molecule has 0 unspecified atom stereocenters. The number of hydrogen-bond acceptors (Lipinski definition) is 4. The minimum Gasteiger partial charge on any atom is -0.491 e. The molecule has 152 valence electrons. The summed E-state index contributed by atoms with van der Waals surface area (Å²) in [4.78, 5) is 12.6. The zero-order chi connectivity index (χ0) is 20.1. The van der Waals surface area contributed by atoms with E-state index < -0.39 is 18.0 Å². The SMILES string of the molecule is CC(C)Cn1cc(NC(=O)c2cccc(OC[C@H]3CCCO3)c2)c(C(F)F)n1. The number of ether oxygens (including phenoxy) is 2. The molecule has 1 fully saturated rings. The average Bonchev–Trinajstić information content (AvgIpc) is 3.29. The van der Waals surface area contributed by atoms with E-state index in [0.717, 1.165) is 19.4 Å². The third kappa shape index (κ3) is 5.28. The van der Waals surface area contributed by atoms with Gasteiger partial charge in [0.15, 0.2) is 5.69 Å². The number of benzene rings is 1. The van der Waals surface area contributed by atoms with Crippen LogP contribution in [0.5, 0.6) is 5.75 Å². The minimum atomic E-state index is -2.77. The van der Waals surface area contributed by atoms with Crippen molar-refractivity contribution < 1.29 is 23.0 Å². The summed E-state index contributed by atoms with van der Waals surface area (Å²) in [6.45, 7) is 5.58. The molecule has 1 saturated heterocycles. The number of carbonyl (C=O) groups excluding carboxylic acids is 1. The second-order valence-electron chi connectivity index (χ2n) is 7.27. The lowest BCUT2D eigenvalue weighted by Gasteiger charge is -2.12. The Kier molecular flexibility index (Phi) is 6.61. The lowest BCUT2D eigenvalue weighted by Crippen LogP contribution is -2.17. The lowest BCUT2D eigenvalue weighted by atomic mass is 10.2. The molecule has 3 rings (SSSR count). The topological polar surface area (TPSA) is 65.4 Å². The molecule has 0 saturated carbocycles. The number of halogens is 2. The Balaban J connectivity index is 1.68. The van der Waals surface area contributed by atoms with Crippen molar-refractivity contribution in [2.75, 3.05) is 18.5 Å². The van der Waals surface area contributed by atoms with E-state index in [-0.39, 0.29) is 17.7 Å². The number of nitrogens with one attached hydrogen (secondary N) is 1. The van der Waals surface area contributed by atoms with Gasteiger partial charge in [-0.3, -0.25) is 9.48 Å². The molecule has 1 atom stereocenters. The van der Waals surface area contributed by atoms with Crippen molar-refractivity contribution >= 4 is 11.6 Å². The molecule has 1 aliphatic rings. The van der Waals surface area contributed by atoms with Gasteiger partial charge in [0.25, 0.3) is 12.3 Å². The molecule has 0 bridgehead atoms. The van der Waals surface area contributed by atoms with Gasteiger partial charge in [0.05, 0.1) is 11.8 Å². The first-order valence-corrected chi connectivity index (χ1v) is 9.43. The van der Waals surface area contributed by atoms with Gasteiger partial charge >= 0.3 is 0 Å². The van der Waals surface area contributed by atoms with Crippen LogP contribution >= 0.6 is 0 Å². The summed E-state index contributed by atoms with van der Waals surface area (Å²) in [6, 6.07) is 6.63. The lowest BCUT2D eigenvalue weighted by molar-refractivity contribution is 0.0679. The zero-order valence-corrected chi connectivity index (χ0v) is 16.0. The predicted molar refractivity (Wildman–Crippen MR) is 101 cm³/mol. The van der Waals surface area contributed by atoms with Gasteiger partial charge in [-0.05, 0) is 37.0 Å². The molecular weight excluding hydrogens is 368 g/mol. The summed E-state index contributed by atoms with van der Waals surface area (Å²) >= 11 is 0. The van der Waals surface area contributed by atoms with Crippen molar-refractivity contribution in [3.05, 3.63) is 41.7 Å². The van der Waals surface area contributed by atoms with Crippen molar-refractivity contribution in [1.29, 1.82) is 0 Å². The van der Waals surface area contributed by atoms with Gasteiger partial charge in [-0.2, -0.15) is 5.10 Å². The molecule has 1 amide bonds. The van der Waals surface area contributed by atoms with Gasteiger partial charge in [0, 0.05) is 24.9 Å². The maximum atomic E-state index is 13.3. The summed E-state index contributed by atoms with van der Waals surface area (Å²) in [6.07, 6.45) is 0.712. The summed E-state index contributed by atoms with van der Waals surface area (Å²) in [5.74, 6) is 0.285. The number of rotatable bonds is 8. The number of hydrogen-bond donors (Lipinski definition) is 1. The Bertz CT molecular complexity index is 802. The Morgan fingerprint density at radius 3 is 2.93 bits per heavy atom. The first-order chi connectivity index (χ1) is 13.4. The molecular formula is C20H25F2N3O3. The molecule has 8 heteroatoms. The monoisotopic (exact) mass is 393 g/mol. The van der Waals surface area contributed by atoms with E-state index in [0.29, 0.717) is 24.5 Å². The third-order valence-corrected chi connectivity index (χ3v) is 4.35. The highest BCUT2D eigenvalue weighted by Gasteiger charge is 2.21. The fourth-order valence-corrected chi connectivity index (χ4v) is 3.05. The molecule has 0 spiro atoms. The van der Waals surface area contributed by atoms with Gasteiger partial charge in [0.1, 0.15) is 12.4 Å². The molecule has 2 aromatic rings. The minimum absolute atomic E-state index is 0.0197. The highest BCUT2D eigenvalue weighted by atomic mass is 19.3. The van der Waals surface area contributed by atoms with E-state index in [1.165, 1.54) is 10.9 Å². The highest BCUT2D eigenvalue weighted by molar-refractivity contribution is 6.04. The Morgan fingerprint density at radius 1 is 1.43 bits per heavy atom. The quantitative estimate of drug-likeness (QED) is 0.727. The van der Waals surface area contributed by atoms with Crippen LogP contribution in [0.3, 0.4) is 0 Å². The first-order valence-electron chi connectivity index (χ1n) is 9.43. The van der Waals surface area contributed by atoms with Crippen molar-refractivity contribution in [2.24, 2.45) is 5.92 Å². The standard InChI is InChI=1S/C20H25F2N3O3/c1-13(2)10-25-11-17(18(24-25)19(21)22)23-20(26)14-5-3-6-15(9-14)28-12-16-7-4-8-27-16/h3,5-6,9,11,13,16,19H,4,7-8,10,12H2,1-2H3,(H,23,26)/t16-/m1/s1. The summed E-state index contributed by atoms with van der Waals surface area (Å²) in [7, 11) is 0. The largest absolute Gasteiger partial charge is 0.491 e. The van der Waals surface area contributed by atoms with Crippen LogP contribution in [0.15, 0.2) is 30.5 Å². The van der Waals surface area contributed by atoms with Crippen LogP contribution in [0.1, 0.15) is 49.2 Å². The van der Waals surface area contributed by atoms with Crippen LogP contribution in [0.2, 0.25) is 0 Å². The van der Waals surface area contributed by atoms with Crippen LogP contribution in [0.25, 0.3) is 0 Å². The van der Waals surface area contributed by atoms with E-state index in [2.05, 4.69) is 10.4 Å². The number of alkyl halides is 2. The third-order valence-electron chi connectivity index (χ3n) is 4.35. The number of carbonyl (C=O) groups is 1. The maximum absolute atomic E-state index is 13.3. The van der Waals surface area contributed by atoms with Crippen molar-refractivity contribution in [3.8, 4) is 5.75 Å². The molecule has 0 radical (unpaired) electrons. The Morgan fingerprint density at radius 2 is 2.25 bits per heavy atom.